The molecule has 0 bridgehead atoms. The number of carbonyl (C=O) groups excluding carboxylic acids is 1. The normalized spacial score (nSPS) is 26.9. The van der Waals surface area contributed by atoms with Crippen LogP contribution in [-0.4, -0.2) is 35.6 Å². The van der Waals surface area contributed by atoms with Crippen LogP contribution >= 0.6 is 0 Å². The number of rotatable bonds is 2. The number of primary amides is 1. The maximum Gasteiger partial charge on any atom is 0.393 e. The predicted octanol–water partition coefficient (Wildman–Crippen LogP) is 1.13. The van der Waals surface area contributed by atoms with Gasteiger partial charge in [0.05, 0.1) is 12.5 Å². The first-order valence-corrected chi connectivity index (χ1v) is 4.75. The molecule has 1 heterocycles. The van der Waals surface area contributed by atoms with Crippen molar-refractivity contribution in [1.82, 2.24) is 4.90 Å². The van der Waals surface area contributed by atoms with Crippen molar-refractivity contribution in [3.05, 3.63) is 0 Å². The van der Waals surface area contributed by atoms with E-state index in [1.807, 2.05) is 0 Å². The molecule has 0 aliphatic carbocycles. The fourth-order valence-corrected chi connectivity index (χ4v) is 2.18. The zero-order valence-electron chi connectivity index (χ0n) is 8.77. The number of halogens is 3. The summed E-state index contributed by atoms with van der Waals surface area (Å²) >= 11 is 0. The predicted molar refractivity (Wildman–Crippen MR) is 49.0 cm³/mol. The molecular weight excluding hydrogens is 209 g/mol. The van der Waals surface area contributed by atoms with E-state index in [4.69, 9.17) is 5.73 Å². The Hall–Kier alpha value is -0.780. The van der Waals surface area contributed by atoms with E-state index in [0.717, 1.165) is 0 Å². The van der Waals surface area contributed by atoms with E-state index in [1.54, 1.807) is 0 Å². The molecule has 0 aromatic carbocycles. The van der Waals surface area contributed by atoms with Crippen molar-refractivity contribution in [1.29, 1.82) is 0 Å². The molecule has 1 amide bonds. The highest BCUT2D eigenvalue weighted by Crippen LogP contribution is 2.44. The lowest BCUT2D eigenvalue weighted by Crippen LogP contribution is -2.49. The van der Waals surface area contributed by atoms with Gasteiger partial charge in [0.1, 0.15) is 0 Å². The highest BCUT2D eigenvalue weighted by atomic mass is 19.4. The summed E-state index contributed by atoms with van der Waals surface area (Å²) in [4.78, 5) is 12.2. The first-order chi connectivity index (χ1) is 6.65. The molecule has 1 rings (SSSR count). The molecular formula is C9H15F3N2O. The third kappa shape index (κ3) is 2.42. The third-order valence-electron chi connectivity index (χ3n) is 3.10. The number of hydrogen-bond donors (Lipinski definition) is 1. The standard InChI is InChI=1S/C9H15F3N2O/c1-8(2)6(9(10,11)12)3-4-14(8)5-7(13)15/h6H,3-5H2,1-2H3,(H2,13,15)/t6-/m1/s1. The van der Waals surface area contributed by atoms with Gasteiger partial charge in [-0.05, 0) is 26.8 Å². The molecule has 2 N–H and O–H groups in total. The SMILES string of the molecule is CC1(C)[C@H](C(F)(F)F)CCN1CC(N)=O. The van der Waals surface area contributed by atoms with Crippen LogP contribution in [0.25, 0.3) is 0 Å². The van der Waals surface area contributed by atoms with Gasteiger partial charge in [-0.15, -0.1) is 0 Å². The highest BCUT2D eigenvalue weighted by molar-refractivity contribution is 5.76. The van der Waals surface area contributed by atoms with Crippen LogP contribution in [0.3, 0.4) is 0 Å². The van der Waals surface area contributed by atoms with Gasteiger partial charge in [0, 0.05) is 5.54 Å². The van der Waals surface area contributed by atoms with Crippen LogP contribution in [0.2, 0.25) is 0 Å². The Labute approximate surface area is 86.4 Å². The minimum atomic E-state index is -4.21. The molecule has 0 radical (unpaired) electrons. The molecule has 15 heavy (non-hydrogen) atoms. The molecule has 0 spiro atoms. The summed E-state index contributed by atoms with van der Waals surface area (Å²) in [6.45, 7) is 3.15. The fourth-order valence-electron chi connectivity index (χ4n) is 2.18. The van der Waals surface area contributed by atoms with Gasteiger partial charge >= 0.3 is 6.18 Å². The van der Waals surface area contributed by atoms with E-state index in [2.05, 4.69) is 0 Å². The number of nitrogens with zero attached hydrogens (tertiary/aromatic N) is 1. The smallest absolute Gasteiger partial charge is 0.369 e. The summed E-state index contributed by atoms with van der Waals surface area (Å²) in [7, 11) is 0. The van der Waals surface area contributed by atoms with Crippen molar-refractivity contribution >= 4 is 5.91 Å². The summed E-state index contributed by atoms with van der Waals surface area (Å²) in [5.74, 6) is -1.98. The van der Waals surface area contributed by atoms with E-state index < -0.39 is 23.5 Å². The lowest BCUT2D eigenvalue weighted by molar-refractivity contribution is -0.191. The number of hydrogen-bond acceptors (Lipinski definition) is 2. The van der Waals surface area contributed by atoms with Crippen LogP contribution in [0.4, 0.5) is 13.2 Å². The van der Waals surface area contributed by atoms with Crippen LogP contribution < -0.4 is 5.73 Å². The lowest BCUT2D eigenvalue weighted by Gasteiger charge is -2.36. The zero-order valence-corrected chi connectivity index (χ0v) is 8.77. The first kappa shape index (κ1) is 12.3. The van der Waals surface area contributed by atoms with Crippen LogP contribution in [-0.2, 0) is 4.79 Å². The molecule has 88 valence electrons. The fraction of sp³-hybridized carbons (Fsp3) is 0.889. The molecule has 0 saturated carbocycles. The van der Waals surface area contributed by atoms with E-state index in [0.29, 0.717) is 0 Å². The third-order valence-corrected chi connectivity index (χ3v) is 3.10. The van der Waals surface area contributed by atoms with Gasteiger partial charge in [-0.25, -0.2) is 0 Å². The minimum absolute atomic E-state index is 0.0315. The largest absolute Gasteiger partial charge is 0.393 e. The summed E-state index contributed by atoms with van der Waals surface area (Å²) in [5.41, 5.74) is 3.94. The van der Waals surface area contributed by atoms with Crippen LogP contribution in [0.1, 0.15) is 20.3 Å². The highest BCUT2D eigenvalue weighted by Gasteiger charge is 2.54. The van der Waals surface area contributed by atoms with Crippen LogP contribution in [0.5, 0.6) is 0 Å². The van der Waals surface area contributed by atoms with Crippen LogP contribution in [0.15, 0.2) is 0 Å². The molecule has 1 fully saturated rings. The van der Waals surface area contributed by atoms with Gasteiger partial charge in [0.15, 0.2) is 0 Å². The number of carbonyl (C=O) groups is 1. The maximum atomic E-state index is 12.6. The van der Waals surface area contributed by atoms with Gasteiger partial charge in [-0.3, -0.25) is 9.69 Å². The van der Waals surface area contributed by atoms with Gasteiger partial charge in [0.25, 0.3) is 0 Å². The van der Waals surface area contributed by atoms with Crippen molar-refractivity contribution in [2.45, 2.75) is 32.0 Å². The average Bonchev–Trinajstić information content (AvgIpc) is 2.24. The van der Waals surface area contributed by atoms with E-state index in [-0.39, 0.29) is 19.5 Å². The Bertz CT molecular complexity index is 263. The first-order valence-electron chi connectivity index (χ1n) is 4.75. The Balaban J connectivity index is 2.80. The van der Waals surface area contributed by atoms with Crippen molar-refractivity contribution in [3.8, 4) is 0 Å². The Morgan fingerprint density at radius 2 is 2.07 bits per heavy atom. The lowest BCUT2D eigenvalue weighted by atomic mass is 9.88. The van der Waals surface area contributed by atoms with Gasteiger partial charge in [-0.1, -0.05) is 0 Å². The molecule has 0 aromatic rings. The molecule has 6 heteroatoms. The number of amides is 1. The topological polar surface area (TPSA) is 46.3 Å². The molecule has 1 aliphatic rings. The second-order valence-corrected chi connectivity index (χ2v) is 4.42. The monoisotopic (exact) mass is 224 g/mol. The van der Waals surface area contributed by atoms with Gasteiger partial charge in [-0.2, -0.15) is 13.2 Å². The summed E-state index contributed by atoms with van der Waals surface area (Å²) in [6.07, 6.45) is -4.18. The van der Waals surface area contributed by atoms with Gasteiger partial charge < -0.3 is 5.73 Å². The van der Waals surface area contributed by atoms with Gasteiger partial charge in [0.2, 0.25) is 5.91 Å². The maximum absolute atomic E-state index is 12.6. The Morgan fingerprint density at radius 1 is 1.53 bits per heavy atom. The van der Waals surface area contributed by atoms with Crippen molar-refractivity contribution in [2.24, 2.45) is 11.7 Å². The Morgan fingerprint density at radius 3 is 2.40 bits per heavy atom. The van der Waals surface area contributed by atoms with Crippen molar-refractivity contribution in [3.63, 3.8) is 0 Å². The van der Waals surface area contributed by atoms with Crippen molar-refractivity contribution in [2.75, 3.05) is 13.1 Å². The molecule has 3 nitrogen and oxygen atoms in total. The summed E-state index contributed by atoms with van der Waals surface area (Å²) < 4.78 is 37.9. The number of nitrogens with two attached hydrogens (primary N) is 1. The second kappa shape index (κ2) is 3.66. The van der Waals surface area contributed by atoms with Crippen molar-refractivity contribution < 1.29 is 18.0 Å². The molecule has 0 aromatic heterocycles. The minimum Gasteiger partial charge on any atom is -0.369 e. The zero-order chi connectivity index (χ0) is 11.9. The quantitative estimate of drug-likeness (QED) is 0.764. The van der Waals surface area contributed by atoms with Crippen LogP contribution in [0, 0.1) is 5.92 Å². The number of alkyl halides is 3. The second-order valence-electron chi connectivity index (χ2n) is 4.42. The number of likely N-dealkylation sites (tertiary alicyclic amines) is 1. The average molecular weight is 224 g/mol. The molecule has 0 unspecified atom stereocenters. The molecule has 1 atom stereocenters. The summed E-state index contributed by atoms with van der Waals surface area (Å²) in [6, 6.07) is 0. The molecule has 1 saturated heterocycles. The summed E-state index contributed by atoms with van der Waals surface area (Å²) in [5, 5.41) is 0. The van der Waals surface area contributed by atoms with E-state index >= 15 is 0 Å². The Kier molecular flexibility index (Phi) is 3.00. The van der Waals surface area contributed by atoms with E-state index in [9.17, 15) is 18.0 Å². The molecule has 1 aliphatic heterocycles. The van der Waals surface area contributed by atoms with E-state index in [1.165, 1.54) is 18.7 Å².